The molecule has 1 atom stereocenters. The van der Waals surface area contributed by atoms with Gasteiger partial charge in [-0.05, 0) is 11.8 Å². The molecule has 0 N–H and O–H groups in total. The van der Waals surface area contributed by atoms with Crippen LogP contribution in [0, 0.1) is 5.92 Å². The van der Waals surface area contributed by atoms with E-state index in [2.05, 4.69) is 32.9 Å². The van der Waals surface area contributed by atoms with Gasteiger partial charge in [-0.1, -0.05) is 45.1 Å². The number of carbonyl (C=O) groups is 1. The highest BCUT2D eigenvalue weighted by Gasteiger charge is 2.20. The SMILES string of the molecule is CCOC(=O)C=CC1C=CC=C1SC(C)(C)C. The van der Waals surface area contributed by atoms with Crippen molar-refractivity contribution in [3.05, 3.63) is 35.3 Å². The number of thioether (sulfide) groups is 1. The smallest absolute Gasteiger partial charge is 0.330 e. The van der Waals surface area contributed by atoms with Crippen LogP contribution >= 0.6 is 11.8 Å². The fourth-order valence-corrected chi connectivity index (χ4v) is 2.61. The maximum Gasteiger partial charge on any atom is 0.330 e. The number of hydrogen-bond acceptors (Lipinski definition) is 3. The summed E-state index contributed by atoms with van der Waals surface area (Å²) in [6.45, 7) is 8.78. The van der Waals surface area contributed by atoms with Gasteiger partial charge in [0.1, 0.15) is 0 Å². The third-order valence-corrected chi connectivity index (χ3v) is 3.31. The fourth-order valence-electron chi connectivity index (χ4n) is 1.46. The van der Waals surface area contributed by atoms with Crippen LogP contribution in [0.4, 0.5) is 0 Å². The maximum atomic E-state index is 11.2. The highest BCUT2D eigenvalue weighted by molar-refractivity contribution is 8.04. The summed E-state index contributed by atoms with van der Waals surface area (Å²) in [7, 11) is 0. The van der Waals surface area contributed by atoms with Crippen LogP contribution in [-0.2, 0) is 9.53 Å². The number of rotatable bonds is 4. The normalized spacial score (nSPS) is 19.8. The Morgan fingerprint density at radius 1 is 1.53 bits per heavy atom. The first-order valence-corrected chi connectivity index (χ1v) is 6.66. The number of allylic oxidation sites excluding steroid dienone is 5. The van der Waals surface area contributed by atoms with E-state index in [1.165, 1.54) is 11.0 Å². The van der Waals surface area contributed by atoms with Gasteiger partial charge in [0, 0.05) is 16.7 Å². The van der Waals surface area contributed by atoms with Crippen LogP contribution in [0.15, 0.2) is 35.3 Å². The number of carbonyl (C=O) groups excluding carboxylic acids is 1. The molecule has 0 aromatic carbocycles. The molecule has 1 aliphatic rings. The molecule has 0 spiro atoms. The summed E-state index contributed by atoms with van der Waals surface area (Å²) in [5, 5.41) is 0. The average molecular weight is 252 g/mol. The Hall–Kier alpha value is -0.960. The van der Waals surface area contributed by atoms with Crippen molar-refractivity contribution in [2.45, 2.75) is 32.4 Å². The molecular weight excluding hydrogens is 232 g/mol. The van der Waals surface area contributed by atoms with Crippen LogP contribution in [0.5, 0.6) is 0 Å². The van der Waals surface area contributed by atoms with E-state index in [1.807, 2.05) is 30.8 Å². The van der Waals surface area contributed by atoms with Gasteiger partial charge >= 0.3 is 5.97 Å². The zero-order chi connectivity index (χ0) is 12.9. The lowest BCUT2D eigenvalue weighted by Crippen LogP contribution is -2.09. The molecule has 0 fully saturated rings. The Bertz CT molecular complexity index is 359. The van der Waals surface area contributed by atoms with Gasteiger partial charge in [0.2, 0.25) is 0 Å². The van der Waals surface area contributed by atoms with E-state index in [4.69, 9.17) is 4.74 Å². The van der Waals surface area contributed by atoms with Crippen LogP contribution in [0.3, 0.4) is 0 Å². The van der Waals surface area contributed by atoms with E-state index in [0.29, 0.717) is 6.61 Å². The van der Waals surface area contributed by atoms with Gasteiger partial charge in [-0.15, -0.1) is 11.8 Å². The summed E-state index contributed by atoms with van der Waals surface area (Å²) in [5.41, 5.74) is 0. The van der Waals surface area contributed by atoms with E-state index in [1.54, 1.807) is 0 Å². The quantitative estimate of drug-likeness (QED) is 0.563. The Morgan fingerprint density at radius 2 is 2.24 bits per heavy atom. The van der Waals surface area contributed by atoms with Crippen molar-refractivity contribution in [2.75, 3.05) is 6.61 Å². The first-order chi connectivity index (χ1) is 7.92. The van der Waals surface area contributed by atoms with Crippen molar-refractivity contribution < 1.29 is 9.53 Å². The monoisotopic (exact) mass is 252 g/mol. The van der Waals surface area contributed by atoms with E-state index in [9.17, 15) is 4.79 Å². The lowest BCUT2D eigenvalue weighted by molar-refractivity contribution is -0.137. The van der Waals surface area contributed by atoms with Crippen LogP contribution in [-0.4, -0.2) is 17.3 Å². The molecule has 94 valence electrons. The van der Waals surface area contributed by atoms with Gasteiger partial charge in [-0.2, -0.15) is 0 Å². The van der Waals surface area contributed by atoms with Gasteiger partial charge in [-0.3, -0.25) is 0 Å². The first kappa shape index (κ1) is 14.1. The highest BCUT2D eigenvalue weighted by Crippen LogP contribution is 2.38. The Labute approximate surface area is 108 Å². The number of esters is 1. The molecule has 0 saturated carbocycles. The van der Waals surface area contributed by atoms with Crippen molar-refractivity contribution in [3.63, 3.8) is 0 Å². The number of ether oxygens (including phenoxy) is 1. The summed E-state index contributed by atoms with van der Waals surface area (Å²) in [4.78, 5) is 12.5. The minimum Gasteiger partial charge on any atom is -0.463 e. The van der Waals surface area contributed by atoms with E-state index in [-0.39, 0.29) is 16.6 Å². The van der Waals surface area contributed by atoms with Crippen molar-refractivity contribution in [1.82, 2.24) is 0 Å². The van der Waals surface area contributed by atoms with Gasteiger partial charge < -0.3 is 4.74 Å². The third kappa shape index (κ3) is 5.26. The van der Waals surface area contributed by atoms with Crippen LogP contribution in [0.2, 0.25) is 0 Å². The molecule has 2 nitrogen and oxygen atoms in total. The summed E-state index contributed by atoms with van der Waals surface area (Å²) in [6.07, 6.45) is 9.64. The second-order valence-corrected chi connectivity index (χ2v) is 6.71. The van der Waals surface area contributed by atoms with Crippen molar-refractivity contribution in [3.8, 4) is 0 Å². The van der Waals surface area contributed by atoms with Crippen molar-refractivity contribution in [2.24, 2.45) is 5.92 Å². The fraction of sp³-hybridized carbons (Fsp3) is 0.500. The molecule has 17 heavy (non-hydrogen) atoms. The summed E-state index contributed by atoms with van der Waals surface area (Å²) < 4.78 is 5.05. The standard InChI is InChI=1S/C14H20O2S/c1-5-16-13(15)10-9-11-7-6-8-12(11)17-14(2,3)4/h6-11H,5H2,1-4H3. The predicted octanol–water partition coefficient (Wildman–Crippen LogP) is 3.71. The molecule has 0 aromatic rings. The average Bonchev–Trinajstić information content (AvgIpc) is 2.60. The van der Waals surface area contributed by atoms with Gasteiger partial charge in [0.25, 0.3) is 0 Å². The molecule has 0 aromatic heterocycles. The zero-order valence-corrected chi connectivity index (χ0v) is 11.7. The first-order valence-electron chi connectivity index (χ1n) is 5.84. The number of hydrogen-bond donors (Lipinski definition) is 0. The second kappa shape index (κ2) is 6.10. The van der Waals surface area contributed by atoms with E-state index in [0.717, 1.165) is 0 Å². The topological polar surface area (TPSA) is 26.3 Å². The maximum absolute atomic E-state index is 11.2. The summed E-state index contributed by atoms with van der Waals surface area (Å²) >= 11 is 1.83. The van der Waals surface area contributed by atoms with Gasteiger partial charge in [0.05, 0.1) is 6.61 Å². The van der Waals surface area contributed by atoms with E-state index < -0.39 is 0 Å². The molecule has 0 radical (unpaired) electrons. The minimum absolute atomic E-state index is 0.188. The van der Waals surface area contributed by atoms with Crippen molar-refractivity contribution >= 4 is 17.7 Å². The third-order valence-electron chi connectivity index (χ3n) is 2.06. The Kier molecular flexibility index (Phi) is 5.06. The molecule has 1 unspecified atom stereocenters. The Morgan fingerprint density at radius 3 is 2.82 bits per heavy atom. The minimum atomic E-state index is -0.270. The molecular formula is C14H20O2S. The van der Waals surface area contributed by atoms with Crippen molar-refractivity contribution in [1.29, 1.82) is 0 Å². The molecule has 1 rings (SSSR count). The molecule has 3 heteroatoms. The van der Waals surface area contributed by atoms with Crippen LogP contribution < -0.4 is 0 Å². The van der Waals surface area contributed by atoms with Gasteiger partial charge in [0.15, 0.2) is 0 Å². The molecule has 0 amide bonds. The molecule has 0 heterocycles. The largest absolute Gasteiger partial charge is 0.463 e. The zero-order valence-electron chi connectivity index (χ0n) is 10.9. The summed E-state index contributed by atoms with van der Waals surface area (Å²) in [6, 6.07) is 0. The Balaban J connectivity index is 2.57. The lowest BCUT2D eigenvalue weighted by atomic mass is 10.1. The molecule has 1 aliphatic carbocycles. The molecule has 0 bridgehead atoms. The summed E-state index contributed by atoms with van der Waals surface area (Å²) in [5.74, 6) is -0.0588. The molecule has 0 aliphatic heterocycles. The lowest BCUT2D eigenvalue weighted by Gasteiger charge is -2.21. The van der Waals surface area contributed by atoms with Crippen LogP contribution in [0.25, 0.3) is 0 Å². The van der Waals surface area contributed by atoms with Gasteiger partial charge in [-0.25, -0.2) is 4.79 Å². The van der Waals surface area contributed by atoms with E-state index >= 15 is 0 Å². The highest BCUT2D eigenvalue weighted by atomic mass is 32.2. The molecule has 0 saturated heterocycles. The predicted molar refractivity (Wildman–Crippen MR) is 73.8 cm³/mol. The second-order valence-electron chi connectivity index (χ2n) is 4.81. The van der Waals surface area contributed by atoms with Crippen LogP contribution in [0.1, 0.15) is 27.7 Å².